The van der Waals surface area contributed by atoms with Crippen molar-refractivity contribution < 1.29 is 18.0 Å². The van der Waals surface area contributed by atoms with Crippen LogP contribution in [0.1, 0.15) is 23.9 Å². The van der Waals surface area contributed by atoms with E-state index in [4.69, 9.17) is 4.52 Å². The van der Waals surface area contributed by atoms with Crippen LogP contribution < -0.4 is 0 Å². The van der Waals surface area contributed by atoms with Crippen LogP contribution in [0.5, 0.6) is 0 Å². The number of hydrogen-bond donors (Lipinski definition) is 1. The Labute approximate surface area is 163 Å². The molecule has 1 aromatic heterocycles. The average Bonchev–Trinajstić information content (AvgIpc) is 3.29. The van der Waals surface area contributed by atoms with Gasteiger partial charge < -0.3 is 9.63 Å². The minimum atomic E-state index is -3.22. The van der Waals surface area contributed by atoms with Gasteiger partial charge in [0.25, 0.3) is 0 Å². The molecule has 0 bridgehead atoms. The Balaban J connectivity index is 1.54. The van der Waals surface area contributed by atoms with Gasteiger partial charge in [-0.05, 0) is 24.1 Å². The number of β-amino-alcohol motifs (C(OH)–C–C–N with tert-alkyl or cyclic N) is 1. The molecule has 0 aliphatic carbocycles. The number of sulfone groups is 1. The summed E-state index contributed by atoms with van der Waals surface area (Å²) in [5.74, 6) is 0.998. The van der Waals surface area contributed by atoms with E-state index in [2.05, 4.69) is 15.0 Å². The number of likely N-dealkylation sites (tertiary alicyclic amines) is 1. The minimum absolute atomic E-state index is 0.186. The Morgan fingerprint density at radius 2 is 1.86 bits per heavy atom. The van der Waals surface area contributed by atoms with Crippen molar-refractivity contribution in [2.45, 2.75) is 30.0 Å². The largest absolute Gasteiger partial charge is 0.392 e. The lowest BCUT2D eigenvalue weighted by molar-refractivity contribution is 0.169. The minimum Gasteiger partial charge on any atom is -0.392 e. The number of rotatable bonds is 5. The van der Waals surface area contributed by atoms with Gasteiger partial charge in [-0.1, -0.05) is 47.6 Å². The second-order valence-electron chi connectivity index (χ2n) is 7.07. The van der Waals surface area contributed by atoms with E-state index in [0.717, 1.165) is 11.1 Å². The molecule has 3 aromatic rings. The van der Waals surface area contributed by atoms with Gasteiger partial charge in [0.2, 0.25) is 11.7 Å². The zero-order valence-corrected chi connectivity index (χ0v) is 16.2. The lowest BCUT2D eigenvalue weighted by atomic mass is 10.1. The predicted molar refractivity (Wildman–Crippen MR) is 103 cm³/mol. The van der Waals surface area contributed by atoms with Crippen molar-refractivity contribution in [1.82, 2.24) is 15.0 Å². The molecule has 4 rings (SSSR count). The number of benzene rings is 2. The summed E-state index contributed by atoms with van der Waals surface area (Å²) in [5, 5.41) is 14.2. The van der Waals surface area contributed by atoms with Crippen molar-refractivity contribution in [3.05, 3.63) is 66.1 Å². The van der Waals surface area contributed by atoms with E-state index in [1.807, 2.05) is 30.3 Å². The van der Waals surface area contributed by atoms with Crippen LogP contribution in [0.25, 0.3) is 11.4 Å². The monoisotopic (exact) mass is 399 g/mol. The average molecular weight is 399 g/mol. The summed E-state index contributed by atoms with van der Waals surface area (Å²) in [5.41, 5.74) is 1.83. The molecule has 7 nitrogen and oxygen atoms in total. The Morgan fingerprint density at radius 3 is 2.54 bits per heavy atom. The van der Waals surface area contributed by atoms with Crippen LogP contribution in [-0.4, -0.2) is 47.5 Å². The molecule has 0 amide bonds. The number of aliphatic hydroxyl groups excluding tert-OH is 1. The lowest BCUT2D eigenvalue weighted by Crippen LogP contribution is -2.24. The smallest absolute Gasteiger partial charge is 0.244 e. The van der Waals surface area contributed by atoms with Crippen molar-refractivity contribution in [2.24, 2.45) is 0 Å². The van der Waals surface area contributed by atoms with Crippen molar-refractivity contribution >= 4 is 9.84 Å². The molecule has 2 aromatic carbocycles. The quantitative estimate of drug-likeness (QED) is 0.704. The van der Waals surface area contributed by atoms with Crippen LogP contribution >= 0.6 is 0 Å². The van der Waals surface area contributed by atoms with E-state index >= 15 is 0 Å². The van der Waals surface area contributed by atoms with Gasteiger partial charge in [-0.2, -0.15) is 4.98 Å². The molecular formula is C20H21N3O4S. The Hall–Kier alpha value is -2.55. The maximum atomic E-state index is 11.6. The van der Waals surface area contributed by atoms with Gasteiger partial charge in [-0.3, -0.25) is 4.90 Å². The predicted octanol–water partition coefficient (Wildman–Crippen LogP) is 2.45. The van der Waals surface area contributed by atoms with E-state index in [9.17, 15) is 13.5 Å². The Bertz CT molecular complexity index is 1050. The summed E-state index contributed by atoms with van der Waals surface area (Å²) in [4.78, 5) is 6.89. The standard InChI is InChI=1S/C20H21N3O4S/c1-28(25,26)17-9-7-14(8-10-17)12-23-13-16(24)11-18(23)20-21-19(22-27-20)15-5-3-2-4-6-15/h2-10,16,18,24H,11-13H2,1H3. The van der Waals surface area contributed by atoms with Gasteiger partial charge in [-0.25, -0.2) is 8.42 Å². The van der Waals surface area contributed by atoms with Crippen molar-refractivity contribution in [3.8, 4) is 11.4 Å². The summed E-state index contributed by atoms with van der Waals surface area (Å²) >= 11 is 0. The summed E-state index contributed by atoms with van der Waals surface area (Å²) in [6.07, 6.45) is 1.22. The maximum Gasteiger partial charge on any atom is 0.244 e. The Morgan fingerprint density at radius 1 is 1.14 bits per heavy atom. The molecule has 146 valence electrons. The molecule has 0 spiro atoms. The van der Waals surface area contributed by atoms with Gasteiger partial charge in [-0.15, -0.1) is 0 Å². The van der Waals surface area contributed by atoms with Crippen LogP contribution in [0.3, 0.4) is 0 Å². The summed E-state index contributed by atoms with van der Waals surface area (Å²) in [6.45, 7) is 1.04. The second kappa shape index (κ2) is 7.46. The molecule has 1 saturated heterocycles. The highest BCUT2D eigenvalue weighted by molar-refractivity contribution is 7.90. The molecule has 28 heavy (non-hydrogen) atoms. The molecule has 2 atom stereocenters. The van der Waals surface area contributed by atoms with Crippen LogP contribution in [-0.2, 0) is 16.4 Å². The van der Waals surface area contributed by atoms with Gasteiger partial charge in [0, 0.05) is 24.9 Å². The molecule has 1 N–H and O–H groups in total. The second-order valence-corrected chi connectivity index (χ2v) is 9.09. The van der Waals surface area contributed by atoms with Gasteiger partial charge in [0.15, 0.2) is 9.84 Å². The highest BCUT2D eigenvalue weighted by Gasteiger charge is 2.36. The van der Waals surface area contributed by atoms with Crippen LogP contribution in [0.15, 0.2) is 64.0 Å². The SMILES string of the molecule is CS(=O)(=O)c1ccc(CN2CC(O)CC2c2nc(-c3ccccc3)no2)cc1. The van der Waals surface area contributed by atoms with E-state index in [1.54, 1.807) is 24.3 Å². The van der Waals surface area contributed by atoms with Gasteiger partial charge in [0.1, 0.15) is 0 Å². The molecule has 2 unspecified atom stereocenters. The van der Waals surface area contributed by atoms with Crippen LogP contribution in [0.2, 0.25) is 0 Å². The van der Waals surface area contributed by atoms with Gasteiger partial charge in [0.05, 0.1) is 17.0 Å². The number of hydrogen-bond acceptors (Lipinski definition) is 7. The van der Waals surface area contributed by atoms with Crippen LogP contribution in [0.4, 0.5) is 0 Å². The topological polar surface area (TPSA) is 96.5 Å². The number of nitrogens with zero attached hydrogens (tertiary/aromatic N) is 3. The fraction of sp³-hybridized carbons (Fsp3) is 0.300. The molecule has 8 heteroatoms. The normalized spacial score (nSPS) is 20.5. The summed E-state index contributed by atoms with van der Waals surface area (Å²) < 4.78 is 28.7. The third-order valence-corrected chi connectivity index (χ3v) is 6.01. The fourth-order valence-electron chi connectivity index (χ4n) is 3.46. The van der Waals surface area contributed by atoms with Crippen molar-refractivity contribution in [2.75, 3.05) is 12.8 Å². The van der Waals surface area contributed by atoms with Gasteiger partial charge >= 0.3 is 0 Å². The summed E-state index contributed by atoms with van der Waals surface area (Å²) in [6, 6.07) is 16.2. The van der Waals surface area contributed by atoms with Crippen molar-refractivity contribution in [1.29, 1.82) is 0 Å². The van der Waals surface area contributed by atoms with Crippen molar-refractivity contribution in [3.63, 3.8) is 0 Å². The lowest BCUT2D eigenvalue weighted by Gasteiger charge is -2.21. The first-order valence-electron chi connectivity index (χ1n) is 9.00. The third-order valence-electron chi connectivity index (χ3n) is 4.88. The molecule has 1 aliphatic heterocycles. The molecule has 0 saturated carbocycles. The zero-order chi connectivity index (χ0) is 19.7. The zero-order valence-electron chi connectivity index (χ0n) is 15.4. The number of aliphatic hydroxyl groups is 1. The fourth-order valence-corrected chi connectivity index (χ4v) is 4.09. The first-order chi connectivity index (χ1) is 13.4. The van der Waals surface area contributed by atoms with E-state index in [-0.39, 0.29) is 6.04 Å². The molecule has 0 radical (unpaired) electrons. The highest BCUT2D eigenvalue weighted by atomic mass is 32.2. The molecule has 1 fully saturated rings. The first kappa shape index (κ1) is 18.8. The number of aromatic nitrogens is 2. The van der Waals surface area contributed by atoms with E-state index in [1.165, 1.54) is 6.26 Å². The molecular weight excluding hydrogens is 378 g/mol. The van der Waals surface area contributed by atoms with E-state index < -0.39 is 15.9 Å². The summed E-state index contributed by atoms with van der Waals surface area (Å²) in [7, 11) is -3.22. The first-order valence-corrected chi connectivity index (χ1v) is 10.9. The molecule has 2 heterocycles. The van der Waals surface area contributed by atoms with Crippen LogP contribution in [0, 0.1) is 0 Å². The third kappa shape index (κ3) is 3.99. The highest BCUT2D eigenvalue weighted by Crippen LogP contribution is 2.33. The maximum absolute atomic E-state index is 11.6. The molecule has 1 aliphatic rings. The van der Waals surface area contributed by atoms with E-state index in [0.29, 0.717) is 36.1 Å². The Kier molecular flexibility index (Phi) is 5.01.